The molecular formula is C21H18N4O. The van der Waals surface area contributed by atoms with Gasteiger partial charge >= 0.3 is 0 Å². The second kappa shape index (κ2) is 6.44. The van der Waals surface area contributed by atoms with Gasteiger partial charge in [-0.25, -0.2) is 4.68 Å². The number of nitrogens with zero attached hydrogens (tertiary/aromatic N) is 3. The molecule has 2 heterocycles. The normalized spacial score (nSPS) is 10.8. The van der Waals surface area contributed by atoms with Crippen molar-refractivity contribution in [3.05, 3.63) is 83.7 Å². The number of amides is 1. The largest absolute Gasteiger partial charge is 0.305 e. The van der Waals surface area contributed by atoms with Crippen molar-refractivity contribution in [3.63, 3.8) is 0 Å². The highest BCUT2D eigenvalue weighted by Crippen LogP contribution is 2.21. The van der Waals surface area contributed by atoms with Crippen molar-refractivity contribution in [3.8, 4) is 5.69 Å². The number of carbonyl (C=O) groups excluding carboxylic acids is 1. The Morgan fingerprint density at radius 1 is 1.00 bits per heavy atom. The van der Waals surface area contributed by atoms with Crippen molar-refractivity contribution in [1.82, 2.24) is 14.8 Å². The van der Waals surface area contributed by atoms with Crippen molar-refractivity contribution in [2.24, 2.45) is 0 Å². The van der Waals surface area contributed by atoms with E-state index in [0.717, 1.165) is 27.8 Å². The maximum Gasteiger partial charge on any atom is 0.257 e. The van der Waals surface area contributed by atoms with E-state index in [0.29, 0.717) is 11.4 Å². The first-order valence-corrected chi connectivity index (χ1v) is 8.40. The standard InChI is InChI=1S/C21H18N4O/c1-14-8-9-19-17(12-14)18(13-15(2)22-19)21(26)23-20-10-11-25(24-20)16-6-4-3-5-7-16/h3-13H,1-2H3,(H,23,24,26). The van der Waals surface area contributed by atoms with Gasteiger partial charge in [-0.2, -0.15) is 5.10 Å². The van der Waals surface area contributed by atoms with Gasteiger partial charge in [0.2, 0.25) is 0 Å². The minimum atomic E-state index is -0.190. The van der Waals surface area contributed by atoms with Gasteiger partial charge in [-0.05, 0) is 44.2 Å². The van der Waals surface area contributed by atoms with E-state index in [1.165, 1.54) is 0 Å². The summed E-state index contributed by atoms with van der Waals surface area (Å²) in [5, 5.41) is 8.17. The lowest BCUT2D eigenvalue weighted by atomic mass is 10.0. The van der Waals surface area contributed by atoms with Gasteiger partial charge in [0, 0.05) is 23.3 Å². The van der Waals surface area contributed by atoms with Crippen molar-refractivity contribution < 1.29 is 4.79 Å². The molecule has 4 rings (SSSR count). The summed E-state index contributed by atoms with van der Waals surface area (Å²) >= 11 is 0. The number of fused-ring (bicyclic) bond motifs is 1. The third-order valence-corrected chi connectivity index (χ3v) is 4.19. The second-order valence-electron chi connectivity index (χ2n) is 6.27. The molecule has 0 bridgehead atoms. The van der Waals surface area contributed by atoms with Crippen LogP contribution in [0.3, 0.4) is 0 Å². The van der Waals surface area contributed by atoms with Crippen LogP contribution < -0.4 is 5.32 Å². The summed E-state index contributed by atoms with van der Waals surface area (Å²) < 4.78 is 1.73. The SMILES string of the molecule is Cc1ccc2nc(C)cc(C(=O)Nc3ccn(-c4ccccc4)n3)c2c1. The number of rotatable bonds is 3. The van der Waals surface area contributed by atoms with Crippen LogP contribution in [0.25, 0.3) is 16.6 Å². The highest BCUT2D eigenvalue weighted by molar-refractivity contribution is 6.12. The first-order valence-electron chi connectivity index (χ1n) is 8.40. The topological polar surface area (TPSA) is 59.8 Å². The quantitative estimate of drug-likeness (QED) is 0.604. The molecule has 2 aromatic carbocycles. The summed E-state index contributed by atoms with van der Waals surface area (Å²) in [7, 11) is 0. The third-order valence-electron chi connectivity index (χ3n) is 4.19. The molecular weight excluding hydrogens is 324 g/mol. The molecule has 2 aromatic heterocycles. The molecule has 0 aliphatic rings. The van der Waals surface area contributed by atoms with Crippen LogP contribution in [-0.4, -0.2) is 20.7 Å². The van der Waals surface area contributed by atoms with Gasteiger partial charge in [-0.1, -0.05) is 29.8 Å². The molecule has 4 aromatic rings. The molecule has 26 heavy (non-hydrogen) atoms. The van der Waals surface area contributed by atoms with Crippen molar-refractivity contribution >= 4 is 22.6 Å². The van der Waals surface area contributed by atoms with E-state index in [4.69, 9.17) is 0 Å². The number of benzene rings is 2. The van der Waals surface area contributed by atoms with Crippen LogP contribution in [0.1, 0.15) is 21.6 Å². The Labute approximate surface area is 151 Å². The van der Waals surface area contributed by atoms with Gasteiger partial charge in [0.15, 0.2) is 5.82 Å². The lowest BCUT2D eigenvalue weighted by Gasteiger charge is -2.08. The minimum absolute atomic E-state index is 0.190. The average Bonchev–Trinajstić information content (AvgIpc) is 3.10. The lowest BCUT2D eigenvalue weighted by Crippen LogP contribution is -2.14. The van der Waals surface area contributed by atoms with Crippen LogP contribution in [0.5, 0.6) is 0 Å². The highest BCUT2D eigenvalue weighted by atomic mass is 16.1. The Balaban J connectivity index is 1.66. The molecule has 0 radical (unpaired) electrons. The van der Waals surface area contributed by atoms with Gasteiger partial charge in [-0.3, -0.25) is 9.78 Å². The number of carbonyl (C=O) groups is 1. The van der Waals surface area contributed by atoms with Crippen LogP contribution in [0.4, 0.5) is 5.82 Å². The van der Waals surface area contributed by atoms with E-state index in [2.05, 4.69) is 15.4 Å². The Morgan fingerprint density at radius 3 is 2.62 bits per heavy atom. The number of hydrogen-bond donors (Lipinski definition) is 1. The first-order chi connectivity index (χ1) is 12.6. The lowest BCUT2D eigenvalue weighted by molar-refractivity contribution is 0.102. The highest BCUT2D eigenvalue weighted by Gasteiger charge is 2.14. The second-order valence-corrected chi connectivity index (χ2v) is 6.27. The van der Waals surface area contributed by atoms with E-state index in [1.54, 1.807) is 10.7 Å². The average molecular weight is 342 g/mol. The maximum atomic E-state index is 12.8. The molecule has 0 aliphatic heterocycles. The summed E-state index contributed by atoms with van der Waals surface area (Å²) in [5.41, 5.74) is 4.25. The molecule has 5 nitrogen and oxygen atoms in total. The van der Waals surface area contributed by atoms with Crippen molar-refractivity contribution in [1.29, 1.82) is 0 Å². The molecule has 0 atom stereocenters. The number of anilines is 1. The zero-order valence-electron chi connectivity index (χ0n) is 14.6. The number of aromatic nitrogens is 3. The number of pyridine rings is 1. The molecule has 0 unspecified atom stereocenters. The van der Waals surface area contributed by atoms with Gasteiger partial charge in [0.1, 0.15) is 0 Å². The summed E-state index contributed by atoms with van der Waals surface area (Å²) in [6, 6.07) is 19.3. The maximum absolute atomic E-state index is 12.8. The summed E-state index contributed by atoms with van der Waals surface area (Å²) in [6.07, 6.45) is 1.82. The van der Waals surface area contributed by atoms with Crippen LogP contribution in [0.15, 0.2) is 66.9 Å². The zero-order chi connectivity index (χ0) is 18.1. The van der Waals surface area contributed by atoms with Gasteiger partial charge < -0.3 is 5.32 Å². The van der Waals surface area contributed by atoms with Crippen molar-refractivity contribution in [2.45, 2.75) is 13.8 Å². The Kier molecular flexibility index (Phi) is 3.97. The molecule has 128 valence electrons. The summed E-state index contributed by atoms with van der Waals surface area (Å²) in [5.74, 6) is 0.318. The predicted octanol–water partition coefficient (Wildman–Crippen LogP) is 4.29. The fourth-order valence-electron chi connectivity index (χ4n) is 2.96. The Bertz CT molecular complexity index is 1100. The molecule has 0 spiro atoms. The monoisotopic (exact) mass is 342 g/mol. The molecule has 0 saturated heterocycles. The molecule has 0 saturated carbocycles. The van der Waals surface area contributed by atoms with E-state index >= 15 is 0 Å². The first kappa shape index (κ1) is 16.0. The Morgan fingerprint density at radius 2 is 1.81 bits per heavy atom. The molecule has 1 N–H and O–H groups in total. The molecule has 1 amide bonds. The van der Waals surface area contributed by atoms with E-state index in [-0.39, 0.29) is 5.91 Å². The zero-order valence-corrected chi connectivity index (χ0v) is 14.6. The van der Waals surface area contributed by atoms with Crippen LogP contribution in [-0.2, 0) is 0 Å². The fraction of sp³-hybridized carbons (Fsp3) is 0.0952. The minimum Gasteiger partial charge on any atom is -0.305 e. The summed E-state index contributed by atoms with van der Waals surface area (Å²) in [4.78, 5) is 17.4. The van der Waals surface area contributed by atoms with Crippen molar-refractivity contribution in [2.75, 3.05) is 5.32 Å². The number of aryl methyl sites for hydroxylation is 2. The number of para-hydroxylation sites is 1. The van der Waals surface area contributed by atoms with Crippen LogP contribution in [0, 0.1) is 13.8 Å². The van der Waals surface area contributed by atoms with E-state index in [9.17, 15) is 4.79 Å². The smallest absolute Gasteiger partial charge is 0.257 e. The molecule has 5 heteroatoms. The van der Waals surface area contributed by atoms with E-state index in [1.807, 2.05) is 74.6 Å². The summed E-state index contributed by atoms with van der Waals surface area (Å²) in [6.45, 7) is 3.89. The van der Waals surface area contributed by atoms with Gasteiger partial charge in [0.05, 0.1) is 16.8 Å². The molecule has 0 fully saturated rings. The van der Waals surface area contributed by atoms with Gasteiger partial charge in [0.25, 0.3) is 5.91 Å². The predicted molar refractivity (Wildman–Crippen MR) is 103 cm³/mol. The van der Waals surface area contributed by atoms with Gasteiger partial charge in [-0.15, -0.1) is 0 Å². The fourth-order valence-corrected chi connectivity index (χ4v) is 2.96. The van der Waals surface area contributed by atoms with Crippen LogP contribution >= 0.6 is 0 Å². The Hall–Kier alpha value is -3.47. The van der Waals surface area contributed by atoms with Crippen LogP contribution in [0.2, 0.25) is 0 Å². The third kappa shape index (κ3) is 3.07. The number of nitrogens with one attached hydrogen (secondary N) is 1. The van der Waals surface area contributed by atoms with E-state index < -0.39 is 0 Å². The molecule has 0 aliphatic carbocycles. The number of hydrogen-bond acceptors (Lipinski definition) is 3.